The van der Waals surface area contributed by atoms with Gasteiger partial charge >= 0.3 is 5.97 Å². The lowest BCUT2D eigenvalue weighted by Gasteiger charge is -2.12. The number of carbonyl (C=O) groups excluding carboxylic acids is 2. The van der Waals surface area contributed by atoms with Crippen molar-refractivity contribution in [1.29, 1.82) is 0 Å². The SMILES string of the molecule is O=C(O)CCCCCCCCCCCCCCCCCN1C(=O)C=CC1=O. The van der Waals surface area contributed by atoms with Crippen molar-refractivity contribution in [2.75, 3.05) is 6.54 Å². The molecule has 0 unspecified atom stereocenters. The van der Waals surface area contributed by atoms with E-state index in [2.05, 4.69) is 0 Å². The highest BCUT2D eigenvalue weighted by atomic mass is 16.4. The van der Waals surface area contributed by atoms with Crippen molar-refractivity contribution >= 4 is 17.8 Å². The fourth-order valence-electron chi connectivity index (χ4n) is 3.50. The first-order valence-electron chi connectivity index (χ1n) is 10.9. The first-order chi connectivity index (χ1) is 13.1. The molecule has 0 atom stereocenters. The maximum Gasteiger partial charge on any atom is 0.303 e. The van der Waals surface area contributed by atoms with E-state index < -0.39 is 5.97 Å². The number of unbranched alkanes of at least 4 members (excludes halogenated alkanes) is 14. The smallest absolute Gasteiger partial charge is 0.303 e. The summed E-state index contributed by atoms with van der Waals surface area (Å²) in [5.41, 5.74) is 0. The van der Waals surface area contributed by atoms with E-state index in [1.807, 2.05) is 0 Å². The molecule has 0 radical (unpaired) electrons. The van der Waals surface area contributed by atoms with E-state index in [9.17, 15) is 14.4 Å². The van der Waals surface area contributed by atoms with Crippen molar-refractivity contribution in [1.82, 2.24) is 4.90 Å². The number of imide groups is 1. The lowest BCUT2D eigenvalue weighted by molar-refractivity contribution is -0.138. The Kier molecular flexibility index (Phi) is 13.4. The molecule has 27 heavy (non-hydrogen) atoms. The van der Waals surface area contributed by atoms with Crippen LogP contribution in [0.4, 0.5) is 0 Å². The first kappa shape index (κ1) is 23.4. The molecule has 1 aliphatic rings. The number of hydrogen-bond donors (Lipinski definition) is 1. The van der Waals surface area contributed by atoms with Crippen LogP contribution in [-0.2, 0) is 14.4 Å². The molecule has 0 aliphatic carbocycles. The van der Waals surface area contributed by atoms with Gasteiger partial charge in [0.2, 0.25) is 0 Å². The minimum absolute atomic E-state index is 0.168. The number of carboxylic acids is 1. The Hall–Kier alpha value is -1.65. The summed E-state index contributed by atoms with van der Waals surface area (Å²) in [6, 6.07) is 0. The van der Waals surface area contributed by atoms with Crippen LogP contribution in [0.15, 0.2) is 12.2 Å². The number of rotatable bonds is 18. The van der Waals surface area contributed by atoms with Crippen LogP contribution in [0.5, 0.6) is 0 Å². The average molecular weight is 380 g/mol. The van der Waals surface area contributed by atoms with Gasteiger partial charge in [-0.2, -0.15) is 0 Å². The van der Waals surface area contributed by atoms with E-state index in [0.29, 0.717) is 13.0 Å². The molecule has 0 spiro atoms. The Morgan fingerprint density at radius 2 is 0.963 bits per heavy atom. The van der Waals surface area contributed by atoms with Crippen LogP contribution >= 0.6 is 0 Å². The molecular weight excluding hydrogens is 342 g/mol. The Morgan fingerprint density at radius 3 is 1.33 bits per heavy atom. The summed E-state index contributed by atoms with van der Waals surface area (Å²) in [7, 11) is 0. The van der Waals surface area contributed by atoms with Crippen molar-refractivity contribution in [2.24, 2.45) is 0 Å². The minimum Gasteiger partial charge on any atom is -0.481 e. The van der Waals surface area contributed by atoms with Crippen LogP contribution in [-0.4, -0.2) is 34.3 Å². The topological polar surface area (TPSA) is 74.7 Å². The lowest BCUT2D eigenvalue weighted by atomic mass is 10.0. The molecule has 154 valence electrons. The van der Waals surface area contributed by atoms with Crippen molar-refractivity contribution in [3.63, 3.8) is 0 Å². The molecular formula is C22H37NO4. The van der Waals surface area contributed by atoms with Gasteiger partial charge in [-0.15, -0.1) is 0 Å². The summed E-state index contributed by atoms with van der Waals surface area (Å²) in [6.45, 7) is 0.560. The van der Waals surface area contributed by atoms with Gasteiger partial charge in [0.25, 0.3) is 11.8 Å². The summed E-state index contributed by atoms with van der Waals surface area (Å²) < 4.78 is 0. The molecule has 1 N–H and O–H groups in total. The van der Waals surface area contributed by atoms with Crippen LogP contribution in [0, 0.1) is 0 Å². The van der Waals surface area contributed by atoms with E-state index in [1.54, 1.807) is 0 Å². The molecule has 1 aliphatic heterocycles. The Labute approximate surface area is 164 Å². The van der Waals surface area contributed by atoms with E-state index in [1.165, 1.54) is 87.7 Å². The summed E-state index contributed by atoms with van der Waals surface area (Å²) in [4.78, 5) is 34.5. The summed E-state index contributed by atoms with van der Waals surface area (Å²) in [5, 5.41) is 8.56. The number of amides is 2. The third kappa shape index (κ3) is 12.4. The molecule has 0 fully saturated rings. The zero-order valence-corrected chi connectivity index (χ0v) is 16.8. The van der Waals surface area contributed by atoms with Gasteiger partial charge in [-0.1, -0.05) is 83.5 Å². The highest BCUT2D eigenvalue weighted by Crippen LogP contribution is 2.14. The predicted molar refractivity (Wildman–Crippen MR) is 107 cm³/mol. The van der Waals surface area contributed by atoms with Crippen molar-refractivity contribution in [2.45, 2.75) is 103 Å². The fourth-order valence-corrected chi connectivity index (χ4v) is 3.50. The van der Waals surface area contributed by atoms with E-state index in [-0.39, 0.29) is 11.8 Å². The Bertz CT molecular complexity index is 455. The lowest BCUT2D eigenvalue weighted by Crippen LogP contribution is -2.30. The largest absolute Gasteiger partial charge is 0.481 e. The second kappa shape index (κ2) is 15.4. The van der Waals surface area contributed by atoms with Gasteiger partial charge in [-0.25, -0.2) is 0 Å². The average Bonchev–Trinajstić information content (AvgIpc) is 2.95. The molecule has 0 saturated carbocycles. The maximum atomic E-state index is 11.4. The maximum absolute atomic E-state index is 11.4. The third-order valence-corrected chi connectivity index (χ3v) is 5.17. The second-order valence-corrected chi connectivity index (χ2v) is 7.61. The zero-order chi connectivity index (χ0) is 19.7. The van der Waals surface area contributed by atoms with E-state index in [0.717, 1.165) is 25.7 Å². The Balaban J connectivity index is 1.73. The van der Waals surface area contributed by atoms with Crippen molar-refractivity contribution < 1.29 is 19.5 Å². The highest BCUT2D eigenvalue weighted by Gasteiger charge is 2.21. The van der Waals surface area contributed by atoms with Gasteiger partial charge in [-0.3, -0.25) is 19.3 Å². The second-order valence-electron chi connectivity index (χ2n) is 7.61. The van der Waals surface area contributed by atoms with Crippen LogP contribution in [0.3, 0.4) is 0 Å². The predicted octanol–water partition coefficient (Wildman–Crippen LogP) is 5.24. The number of hydrogen-bond acceptors (Lipinski definition) is 3. The molecule has 0 bridgehead atoms. The van der Waals surface area contributed by atoms with Crippen LogP contribution in [0.2, 0.25) is 0 Å². The fraction of sp³-hybridized carbons (Fsp3) is 0.773. The molecule has 1 heterocycles. The standard InChI is InChI=1S/C22H37NO4/c24-20-17-18-21(25)23(20)19-15-13-11-9-7-5-3-1-2-4-6-8-10-12-14-16-22(26)27/h17-18H,1-16,19H2,(H,26,27). The minimum atomic E-state index is -0.678. The first-order valence-corrected chi connectivity index (χ1v) is 10.9. The van der Waals surface area contributed by atoms with E-state index >= 15 is 0 Å². The van der Waals surface area contributed by atoms with Gasteiger partial charge in [0.15, 0.2) is 0 Å². The molecule has 1 rings (SSSR count). The monoisotopic (exact) mass is 379 g/mol. The number of aliphatic carboxylic acids is 1. The zero-order valence-electron chi connectivity index (χ0n) is 16.8. The van der Waals surface area contributed by atoms with Crippen LogP contribution < -0.4 is 0 Å². The molecule has 2 amide bonds. The van der Waals surface area contributed by atoms with Crippen LogP contribution in [0.25, 0.3) is 0 Å². The molecule has 0 aromatic rings. The number of nitrogens with zero attached hydrogens (tertiary/aromatic N) is 1. The van der Waals surface area contributed by atoms with Crippen molar-refractivity contribution in [3.05, 3.63) is 12.2 Å². The molecule has 0 aromatic heterocycles. The van der Waals surface area contributed by atoms with Gasteiger partial charge in [0.1, 0.15) is 0 Å². The number of carbonyl (C=O) groups is 3. The van der Waals surface area contributed by atoms with Gasteiger partial charge in [0, 0.05) is 25.1 Å². The summed E-state index contributed by atoms with van der Waals surface area (Å²) in [5.74, 6) is -1.01. The normalized spacial score (nSPS) is 13.7. The highest BCUT2D eigenvalue weighted by molar-refractivity contribution is 6.12. The molecule has 0 saturated heterocycles. The van der Waals surface area contributed by atoms with Gasteiger partial charge in [-0.05, 0) is 12.8 Å². The van der Waals surface area contributed by atoms with Crippen LogP contribution in [0.1, 0.15) is 103 Å². The van der Waals surface area contributed by atoms with Gasteiger partial charge in [0.05, 0.1) is 0 Å². The Morgan fingerprint density at radius 1 is 0.630 bits per heavy atom. The third-order valence-electron chi connectivity index (χ3n) is 5.17. The summed E-state index contributed by atoms with van der Waals surface area (Å²) in [6.07, 6.45) is 20.9. The quantitative estimate of drug-likeness (QED) is 0.261. The molecule has 5 nitrogen and oxygen atoms in total. The summed E-state index contributed by atoms with van der Waals surface area (Å²) >= 11 is 0. The van der Waals surface area contributed by atoms with Crippen molar-refractivity contribution in [3.8, 4) is 0 Å². The number of carboxylic acid groups (broad SMARTS) is 1. The molecule has 5 heteroatoms. The molecule has 0 aromatic carbocycles. The van der Waals surface area contributed by atoms with Gasteiger partial charge < -0.3 is 5.11 Å². The van der Waals surface area contributed by atoms with E-state index in [4.69, 9.17) is 5.11 Å².